The van der Waals surface area contributed by atoms with Crippen LogP contribution in [0.2, 0.25) is 0 Å². The van der Waals surface area contributed by atoms with Crippen LogP contribution < -0.4 is 10.2 Å². The van der Waals surface area contributed by atoms with Crippen LogP contribution in [0.1, 0.15) is 29.7 Å². The van der Waals surface area contributed by atoms with Crippen molar-refractivity contribution in [3.05, 3.63) is 59.4 Å². The number of nitrogens with one attached hydrogen (secondary N) is 1. The largest absolute Gasteiger partial charge is 0.465 e. The van der Waals surface area contributed by atoms with Gasteiger partial charge in [0, 0.05) is 56.2 Å². The smallest absolute Gasteiger partial charge is 0.417 e. The van der Waals surface area contributed by atoms with Gasteiger partial charge in [-0.15, -0.1) is 0 Å². The molecule has 1 aromatic carbocycles. The number of nitrogens with zero attached hydrogens (tertiary/aromatic N) is 3. The van der Waals surface area contributed by atoms with Gasteiger partial charge in [0.1, 0.15) is 0 Å². The normalized spacial score (nSPS) is 26.2. The van der Waals surface area contributed by atoms with Gasteiger partial charge in [0.05, 0.1) is 11.0 Å². The highest BCUT2D eigenvalue weighted by Crippen LogP contribution is 2.51. The number of hydrogen-bond acceptors (Lipinski definition) is 4. The van der Waals surface area contributed by atoms with E-state index >= 15 is 0 Å². The minimum Gasteiger partial charge on any atom is -0.465 e. The predicted molar refractivity (Wildman–Crippen MR) is 117 cm³/mol. The predicted octanol–water partition coefficient (Wildman–Crippen LogP) is 3.54. The van der Waals surface area contributed by atoms with Crippen molar-refractivity contribution in [2.75, 3.05) is 24.5 Å². The van der Waals surface area contributed by atoms with E-state index in [1.807, 2.05) is 30.3 Å². The Morgan fingerprint density at radius 3 is 2.68 bits per heavy atom. The number of rotatable bonds is 3. The number of halogens is 3. The summed E-state index contributed by atoms with van der Waals surface area (Å²) in [6, 6.07) is 10.5. The molecule has 3 aliphatic rings. The van der Waals surface area contributed by atoms with Crippen molar-refractivity contribution in [1.82, 2.24) is 15.2 Å². The van der Waals surface area contributed by atoms with Crippen LogP contribution in [-0.2, 0) is 23.9 Å². The summed E-state index contributed by atoms with van der Waals surface area (Å²) in [5.74, 6) is -0.174. The maximum Gasteiger partial charge on any atom is 0.417 e. The molecule has 1 saturated heterocycles. The van der Waals surface area contributed by atoms with Gasteiger partial charge in [-0.05, 0) is 42.5 Å². The van der Waals surface area contributed by atoms with Crippen molar-refractivity contribution < 1.29 is 27.9 Å². The van der Waals surface area contributed by atoms with E-state index in [1.54, 1.807) is 4.90 Å². The van der Waals surface area contributed by atoms with Crippen LogP contribution >= 0.6 is 0 Å². The van der Waals surface area contributed by atoms with Gasteiger partial charge < -0.3 is 20.2 Å². The highest BCUT2D eigenvalue weighted by atomic mass is 19.4. The van der Waals surface area contributed by atoms with Crippen molar-refractivity contribution in [2.45, 2.75) is 38.0 Å². The van der Waals surface area contributed by atoms with Crippen LogP contribution in [0.4, 0.5) is 23.7 Å². The lowest BCUT2D eigenvalue weighted by atomic mass is 9.78. The highest BCUT2D eigenvalue weighted by Gasteiger charge is 2.59. The molecular formula is C24H25F3N4O3. The lowest BCUT2D eigenvalue weighted by Crippen LogP contribution is -2.49. The van der Waals surface area contributed by atoms with Gasteiger partial charge in [0.25, 0.3) is 0 Å². The third kappa shape index (κ3) is 3.95. The Morgan fingerprint density at radius 1 is 1.21 bits per heavy atom. The van der Waals surface area contributed by atoms with Crippen molar-refractivity contribution in [3.63, 3.8) is 0 Å². The van der Waals surface area contributed by atoms with E-state index in [4.69, 9.17) is 0 Å². The molecule has 1 aliphatic carbocycles. The Balaban J connectivity index is 1.42. The van der Waals surface area contributed by atoms with Gasteiger partial charge in [-0.1, -0.05) is 18.2 Å². The molecule has 0 unspecified atom stereocenters. The van der Waals surface area contributed by atoms with Gasteiger partial charge >= 0.3 is 12.3 Å². The molecule has 3 heterocycles. The molecule has 2 aromatic rings. The summed E-state index contributed by atoms with van der Waals surface area (Å²) >= 11 is 0. The second-order valence-corrected chi connectivity index (χ2v) is 9.46. The molecule has 180 valence electrons. The molecule has 7 nitrogen and oxygen atoms in total. The molecule has 0 bridgehead atoms. The average molecular weight is 474 g/mol. The number of pyridine rings is 1. The number of amides is 2. The molecule has 10 heteroatoms. The SMILES string of the molecule is O=C(O)N[C@@H]1C[C@H]2CN(c3ccccc3)C[C@@]2(C(=O)N2CCc3ncc(C(F)(F)F)cc3C2)C1. The first-order valence-corrected chi connectivity index (χ1v) is 11.3. The summed E-state index contributed by atoms with van der Waals surface area (Å²) in [7, 11) is 0. The van der Waals surface area contributed by atoms with Gasteiger partial charge in [0.15, 0.2) is 0 Å². The molecule has 1 aromatic heterocycles. The minimum absolute atomic E-state index is 0.0573. The van der Waals surface area contributed by atoms with Crippen molar-refractivity contribution in [1.29, 1.82) is 0 Å². The number of alkyl halides is 3. The zero-order valence-corrected chi connectivity index (χ0v) is 18.4. The Bertz CT molecular complexity index is 1110. The average Bonchev–Trinajstić information content (AvgIpc) is 3.32. The summed E-state index contributed by atoms with van der Waals surface area (Å²) in [6.45, 7) is 1.52. The number of fused-ring (bicyclic) bond motifs is 2. The summed E-state index contributed by atoms with van der Waals surface area (Å²) in [4.78, 5) is 33.0. The number of carbonyl (C=O) groups excluding carboxylic acids is 1. The topological polar surface area (TPSA) is 85.8 Å². The first-order chi connectivity index (χ1) is 16.2. The molecule has 0 radical (unpaired) electrons. The molecule has 2 aliphatic heterocycles. The summed E-state index contributed by atoms with van der Waals surface area (Å²) in [5, 5.41) is 11.8. The number of para-hydroxylation sites is 1. The van der Waals surface area contributed by atoms with Gasteiger partial charge in [-0.3, -0.25) is 9.78 Å². The number of carboxylic acid groups (broad SMARTS) is 1. The van der Waals surface area contributed by atoms with Gasteiger partial charge in [-0.2, -0.15) is 13.2 Å². The van der Waals surface area contributed by atoms with E-state index in [2.05, 4.69) is 15.2 Å². The molecule has 0 spiro atoms. The van der Waals surface area contributed by atoms with Crippen LogP contribution in [0.15, 0.2) is 42.6 Å². The zero-order chi connectivity index (χ0) is 24.1. The fourth-order valence-electron chi connectivity index (χ4n) is 5.89. The maximum atomic E-state index is 14.0. The van der Waals surface area contributed by atoms with Crippen LogP contribution in [0, 0.1) is 11.3 Å². The minimum atomic E-state index is -4.50. The molecule has 2 fully saturated rings. The Hall–Kier alpha value is -3.30. The lowest BCUT2D eigenvalue weighted by Gasteiger charge is -2.37. The third-order valence-electron chi connectivity index (χ3n) is 7.40. The van der Waals surface area contributed by atoms with E-state index in [9.17, 15) is 27.9 Å². The number of hydrogen-bond donors (Lipinski definition) is 2. The van der Waals surface area contributed by atoms with Crippen LogP contribution in [0.3, 0.4) is 0 Å². The maximum absolute atomic E-state index is 14.0. The number of benzene rings is 1. The monoisotopic (exact) mass is 474 g/mol. The summed E-state index contributed by atoms with van der Waals surface area (Å²) in [6.07, 6.45) is -3.47. The van der Waals surface area contributed by atoms with Crippen LogP contribution in [0.25, 0.3) is 0 Å². The molecule has 3 atom stereocenters. The van der Waals surface area contributed by atoms with Crippen LogP contribution in [-0.4, -0.2) is 52.7 Å². The second kappa shape index (κ2) is 8.18. The molecular weight excluding hydrogens is 449 g/mol. The van der Waals surface area contributed by atoms with Gasteiger partial charge in [0.2, 0.25) is 5.91 Å². The van der Waals surface area contributed by atoms with E-state index in [-0.39, 0.29) is 24.4 Å². The summed E-state index contributed by atoms with van der Waals surface area (Å²) in [5.41, 5.74) is 0.378. The zero-order valence-electron chi connectivity index (χ0n) is 18.4. The molecule has 34 heavy (non-hydrogen) atoms. The van der Waals surface area contributed by atoms with Crippen molar-refractivity contribution in [3.8, 4) is 0 Å². The van der Waals surface area contributed by atoms with E-state index in [1.165, 1.54) is 0 Å². The quantitative estimate of drug-likeness (QED) is 0.711. The van der Waals surface area contributed by atoms with Crippen LogP contribution in [0.5, 0.6) is 0 Å². The first-order valence-electron chi connectivity index (χ1n) is 11.3. The fraction of sp³-hybridized carbons (Fsp3) is 0.458. The Kier molecular flexibility index (Phi) is 5.41. The Morgan fingerprint density at radius 2 is 1.97 bits per heavy atom. The van der Waals surface area contributed by atoms with Gasteiger partial charge in [-0.25, -0.2) is 4.79 Å². The summed E-state index contributed by atoms with van der Waals surface area (Å²) < 4.78 is 39.6. The number of aromatic nitrogens is 1. The Labute approximate surface area is 194 Å². The number of carbonyl (C=O) groups is 2. The molecule has 5 rings (SSSR count). The standard InChI is InChI=1S/C24H25F3N4O3/c25-24(26,27)16-8-15-12-30(7-6-20(15)28-11-16)21(32)23-10-18(29-22(33)34)9-17(23)13-31(14-23)19-4-2-1-3-5-19/h1-5,8,11,17-18,29H,6-7,9-10,12-14H2,(H,33,34)/t17-,18+,23-/m0/s1. The molecule has 1 saturated carbocycles. The number of anilines is 1. The molecule has 2 N–H and O–H groups in total. The molecule has 2 amide bonds. The third-order valence-corrected chi connectivity index (χ3v) is 7.40. The van der Waals surface area contributed by atoms with E-state index < -0.39 is 23.2 Å². The highest BCUT2D eigenvalue weighted by molar-refractivity contribution is 5.86. The first kappa shape index (κ1) is 22.5. The lowest BCUT2D eigenvalue weighted by molar-refractivity contribution is -0.143. The van der Waals surface area contributed by atoms with E-state index in [0.29, 0.717) is 50.2 Å². The van der Waals surface area contributed by atoms with E-state index in [0.717, 1.165) is 18.0 Å². The second-order valence-electron chi connectivity index (χ2n) is 9.46. The fourth-order valence-corrected chi connectivity index (χ4v) is 5.89. The van der Waals surface area contributed by atoms with Crippen molar-refractivity contribution in [2.24, 2.45) is 11.3 Å². The van der Waals surface area contributed by atoms with Crippen molar-refractivity contribution >= 4 is 17.7 Å².